The van der Waals surface area contributed by atoms with Crippen LogP contribution < -0.4 is 5.30 Å². The molecule has 0 radical (unpaired) electrons. The van der Waals surface area contributed by atoms with Crippen molar-refractivity contribution in [3.05, 3.63) is 40.8 Å². The molecule has 16 heavy (non-hydrogen) atoms. The van der Waals surface area contributed by atoms with Gasteiger partial charge in [-0.15, -0.1) is 9.24 Å². The molecule has 0 bridgehead atoms. The van der Waals surface area contributed by atoms with Crippen molar-refractivity contribution < 1.29 is 0 Å². The number of hydrogen-bond acceptors (Lipinski definition) is 2. The minimum absolute atomic E-state index is 0.624. The van der Waals surface area contributed by atoms with Gasteiger partial charge in [0, 0.05) is 5.56 Å². The van der Waals surface area contributed by atoms with Crippen molar-refractivity contribution in [1.29, 1.82) is 0 Å². The van der Waals surface area contributed by atoms with Gasteiger partial charge in [0.2, 0.25) is 0 Å². The highest BCUT2D eigenvalue weighted by molar-refractivity contribution is 7.27. The summed E-state index contributed by atoms with van der Waals surface area (Å²) >= 11 is 6.19. The third-order valence-corrected chi connectivity index (χ3v) is 3.61. The number of halogens is 1. The maximum Gasteiger partial charge on any atom is 0.116 e. The average Bonchev–Trinajstić information content (AvgIpc) is 2.26. The summed E-state index contributed by atoms with van der Waals surface area (Å²) in [5.41, 5.74) is 3.83. The van der Waals surface area contributed by atoms with Crippen LogP contribution in [0, 0.1) is 13.8 Å². The molecule has 2 nitrogen and oxygen atoms in total. The number of aryl methyl sites for hydroxylation is 2. The van der Waals surface area contributed by atoms with Crippen molar-refractivity contribution in [3.63, 3.8) is 0 Å². The van der Waals surface area contributed by atoms with Gasteiger partial charge in [0.1, 0.15) is 6.33 Å². The number of benzene rings is 1. The Kier molecular flexibility index (Phi) is 3.22. The number of aromatic nitrogens is 2. The molecule has 0 aliphatic carbocycles. The van der Waals surface area contributed by atoms with E-state index in [1.54, 1.807) is 6.33 Å². The van der Waals surface area contributed by atoms with Crippen LogP contribution in [-0.4, -0.2) is 9.97 Å². The van der Waals surface area contributed by atoms with E-state index >= 15 is 0 Å². The highest BCUT2D eigenvalue weighted by Crippen LogP contribution is 2.27. The van der Waals surface area contributed by atoms with Gasteiger partial charge in [0.25, 0.3) is 0 Å². The van der Waals surface area contributed by atoms with Crippen molar-refractivity contribution in [1.82, 2.24) is 9.97 Å². The maximum absolute atomic E-state index is 6.19. The molecule has 1 atom stereocenters. The zero-order valence-corrected chi connectivity index (χ0v) is 11.1. The van der Waals surface area contributed by atoms with E-state index in [1.165, 1.54) is 10.9 Å². The summed E-state index contributed by atoms with van der Waals surface area (Å²) in [6, 6.07) is 6.14. The van der Waals surface area contributed by atoms with Crippen LogP contribution in [0.3, 0.4) is 0 Å². The second-order valence-electron chi connectivity index (χ2n) is 3.69. The van der Waals surface area contributed by atoms with E-state index in [-0.39, 0.29) is 0 Å². The summed E-state index contributed by atoms with van der Waals surface area (Å²) in [6.45, 7) is 3.94. The highest BCUT2D eigenvalue weighted by Gasteiger charge is 2.08. The molecule has 0 saturated heterocycles. The van der Waals surface area contributed by atoms with Gasteiger partial charge in [0.15, 0.2) is 0 Å². The predicted molar refractivity (Wildman–Crippen MR) is 71.3 cm³/mol. The Morgan fingerprint density at radius 2 is 1.94 bits per heavy atom. The lowest BCUT2D eigenvalue weighted by molar-refractivity contribution is 1.11. The van der Waals surface area contributed by atoms with Gasteiger partial charge < -0.3 is 0 Å². The van der Waals surface area contributed by atoms with Crippen molar-refractivity contribution in [2.45, 2.75) is 13.8 Å². The Balaban J connectivity index is 2.59. The van der Waals surface area contributed by atoms with Gasteiger partial charge in [-0.05, 0) is 30.8 Å². The van der Waals surface area contributed by atoms with E-state index in [0.29, 0.717) is 5.02 Å². The molecule has 2 aromatic rings. The summed E-state index contributed by atoms with van der Waals surface area (Å²) in [5, 5.41) is 1.81. The SMILES string of the molecule is Cc1cc(-c2ncnc(C)c2Cl)ccc1P. The van der Waals surface area contributed by atoms with Crippen molar-refractivity contribution in [2.24, 2.45) is 0 Å². The van der Waals surface area contributed by atoms with Gasteiger partial charge in [-0.25, -0.2) is 9.97 Å². The first kappa shape index (κ1) is 11.5. The van der Waals surface area contributed by atoms with E-state index in [9.17, 15) is 0 Å². The predicted octanol–water partition coefficient (Wildman–Crippen LogP) is 2.91. The van der Waals surface area contributed by atoms with Gasteiger partial charge in [-0.3, -0.25) is 0 Å². The van der Waals surface area contributed by atoms with E-state index in [4.69, 9.17) is 11.6 Å². The largest absolute Gasteiger partial charge is 0.240 e. The van der Waals surface area contributed by atoms with Crippen LogP contribution >= 0.6 is 20.8 Å². The Hall–Kier alpha value is -0.980. The summed E-state index contributed by atoms with van der Waals surface area (Å²) in [7, 11) is 2.70. The molecule has 0 spiro atoms. The fourth-order valence-corrected chi connectivity index (χ4v) is 1.87. The molecule has 0 amide bonds. The van der Waals surface area contributed by atoms with Crippen LogP contribution in [0.15, 0.2) is 24.5 Å². The standard InChI is InChI=1S/C12H12ClN2P/c1-7-5-9(3-4-10(7)16)12-11(13)8(2)14-6-15-12/h3-6H,16H2,1-2H3. The Morgan fingerprint density at radius 3 is 2.62 bits per heavy atom. The molecular formula is C12H12ClN2P. The van der Waals surface area contributed by atoms with Crippen LogP contribution in [0.2, 0.25) is 5.02 Å². The quantitative estimate of drug-likeness (QED) is 0.728. The zero-order chi connectivity index (χ0) is 11.7. The van der Waals surface area contributed by atoms with E-state index in [2.05, 4.69) is 32.2 Å². The normalized spacial score (nSPS) is 10.5. The lowest BCUT2D eigenvalue weighted by atomic mass is 10.1. The van der Waals surface area contributed by atoms with Gasteiger partial charge in [0.05, 0.1) is 16.4 Å². The van der Waals surface area contributed by atoms with Crippen molar-refractivity contribution in [3.8, 4) is 11.3 Å². The molecule has 0 aliphatic heterocycles. The van der Waals surface area contributed by atoms with Gasteiger partial charge >= 0.3 is 0 Å². The number of hydrogen-bond donors (Lipinski definition) is 0. The molecule has 1 aromatic carbocycles. The molecule has 0 fully saturated rings. The van der Waals surface area contributed by atoms with Crippen molar-refractivity contribution >= 4 is 26.1 Å². The molecule has 2 rings (SSSR count). The maximum atomic E-state index is 6.19. The molecule has 1 aromatic heterocycles. The summed E-state index contributed by atoms with van der Waals surface area (Å²) in [4.78, 5) is 8.29. The summed E-state index contributed by atoms with van der Waals surface area (Å²) in [5.74, 6) is 0. The lowest BCUT2D eigenvalue weighted by Gasteiger charge is -2.07. The third-order valence-electron chi connectivity index (χ3n) is 2.51. The third kappa shape index (κ3) is 2.09. The van der Waals surface area contributed by atoms with Crippen LogP contribution in [0.1, 0.15) is 11.3 Å². The number of rotatable bonds is 1. The van der Waals surface area contributed by atoms with Crippen LogP contribution in [0.25, 0.3) is 11.3 Å². The molecule has 0 aliphatic rings. The first-order valence-electron chi connectivity index (χ1n) is 4.93. The summed E-state index contributed by atoms with van der Waals surface area (Å²) in [6.07, 6.45) is 1.54. The first-order chi connectivity index (χ1) is 7.59. The lowest BCUT2D eigenvalue weighted by Crippen LogP contribution is -1.98. The average molecular weight is 251 g/mol. The minimum atomic E-state index is 0.624. The molecule has 0 saturated carbocycles. The smallest absolute Gasteiger partial charge is 0.116 e. The molecule has 1 unspecified atom stereocenters. The zero-order valence-electron chi connectivity index (χ0n) is 9.16. The fourth-order valence-electron chi connectivity index (χ4n) is 1.48. The second kappa shape index (κ2) is 4.48. The van der Waals surface area contributed by atoms with Crippen molar-refractivity contribution in [2.75, 3.05) is 0 Å². The fraction of sp³-hybridized carbons (Fsp3) is 0.167. The van der Waals surface area contributed by atoms with Crippen LogP contribution in [0.5, 0.6) is 0 Å². The summed E-state index contributed by atoms with van der Waals surface area (Å²) < 4.78 is 0. The minimum Gasteiger partial charge on any atom is -0.240 e. The monoisotopic (exact) mass is 250 g/mol. The number of nitrogens with zero attached hydrogens (tertiary/aromatic N) is 2. The Morgan fingerprint density at radius 1 is 1.19 bits per heavy atom. The molecular weight excluding hydrogens is 239 g/mol. The Bertz CT molecular complexity index is 541. The molecule has 0 N–H and O–H groups in total. The second-order valence-corrected chi connectivity index (χ2v) is 4.69. The van der Waals surface area contributed by atoms with Crippen LogP contribution in [-0.2, 0) is 0 Å². The van der Waals surface area contributed by atoms with E-state index < -0.39 is 0 Å². The molecule has 82 valence electrons. The van der Waals surface area contributed by atoms with E-state index in [1.807, 2.05) is 19.1 Å². The topological polar surface area (TPSA) is 25.8 Å². The van der Waals surface area contributed by atoms with Gasteiger partial charge in [-0.1, -0.05) is 23.7 Å². The van der Waals surface area contributed by atoms with Crippen LogP contribution in [0.4, 0.5) is 0 Å². The molecule has 4 heteroatoms. The Labute approximate surface area is 102 Å². The molecule has 1 heterocycles. The van der Waals surface area contributed by atoms with Gasteiger partial charge in [-0.2, -0.15) is 0 Å². The van der Waals surface area contributed by atoms with E-state index in [0.717, 1.165) is 17.0 Å². The highest BCUT2D eigenvalue weighted by atomic mass is 35.5. The first-order valence-corrected chi connectivity index (χ1v) is 5.88.